The average molecular weight is 361 g/mol. The monoisotopic (exact) mass is 361 g/mol. The van der Waals surface area contributed by atoms with Crippen molar-refractivity contribution < 1.29 is 9.53 Å². The van der Waals surface area contributed by atoms with E-state index in [1.54, 1.807) is 7.11 Å². The zero-order chi connectivity index (χ0) is 18.4. The van der Waals surface area contributed by atoms with Gasteiger partial charge in [-0.3, -0.25) is 4.79 Å². The van der Waals surface area contributed by atoms with Gasteiger partial charge in [-0.05, 0) is 36.8 Å². The van der Waals surface area contributed by atoms with Crippen molar-refractivity contribution in [3.63, 3.8) is 0 Å². The Morgan fingerprint density at radius 2 is 2.11 bits per heavy atom. The van der Waals surface area contributed by atoms with Crippen molar-refractivity contribution in [1.82, 2.24) is 14.9 Å². The molecule has 27 heavy (non-hydrogen) atoms. The lowest BCUT2D eigenvalue weighted by Gasteiger charge is -2.07. The highest BCUT2D eigenvalue weighted by molar-refractivity contribution is 5.92. The van der Waals surface area contributed by atoms with Gasteiger partial charge in [-0.25, -0.2) is 4.98 Å². The summed E-state index contributed by atoms with van der Waals surface area (Å²) in [7, 11) is 1.64. The lowest BCUT2D eigenvalue weighted by Crippen LogP contribution is -2.25. The van der Waals surface area contributed by atoms with Gasteiger partial charge in [-0.2, -0.15) is 0 Å². The van der Waals surface area contributed by atoms with Crippen molar-refractivity contribution in [2.45, 2.75) is 32.2 Å². The number of amides is 1. The van der Waals surface area contributed by atoms with Crippen LogP contribution in [0.15, 0.2) is 36.4 Å². The minimum Gasteiger partial charge on any atom is -0.481 e. The molecule has 0 saturated heterocycles. The normalized spacial score (nSPS) is 14.9. The van der Waals surface area contributed by atoms with Gasteiger partial charge in [0.2, 0.25) is 11.8 Å². The van der Waals surface area contributed by atoms with E-state index in [2.05, 4.69) is 40.2 Å². The van der Waals surface area contributed by atoms with E-state index in [4.69, 9.17) is 9.72 Å². The predicted molar refractivity (Wildman–Crippen MR) is 105 cm³/mol. The highest BCUT2D eigenvalue weighted by Gasteiger charge is 2.27. The van der Waals surface area contributed by atoms with E-state index in [1.165, 1.54) is 35.2 Å². The summed E-state index contributed by atoms with van der Waals surface area (Å²) in [6, 6.07) is 12.5. The number of pyridine rings is 1. The number of benzene rings is 1. The lowest BCUT2D eigenvalue weighted by molar-refractivity contribution is -0.121. The largest absolute Gasteiger partial charge is 0.481 e. The Bertz CT molecular complexity index is 1030. The van der Waals surface area contributed by atoms with E-state index in [0.717, 1.165) is 24.0 Å². The highest BCUT2D eigenvalue weighted by Crippen LogP contribution is 2.41. The summed E-state index contributed by atoms with van der Waals surface area (Å²) < 4.78 is 7.69. The molecule has 1 amide bonds. The van der Waals surface area contributed by atoms with Crippen molar-refractivity contribution in [1.29, 1.82) is 0 Å². The van der Waals surface area contributed by atoms with E-state index < -0.39 is 0 Å². The molecule has 1 aliphatic heterocycles. The van der Waals surface area contributed by atoms with E-state index in [-0.39, 0.29) is 5.91 Å². The minimum atomic E-state index is 0.170. The average Bonchev–Trinajstić information content (AvgIpc) is 3.34. The van der Waals surface area contributed by atoms with Crippen LogP contribution in [0.3, 0.4) is 0 Å². The molecule has 0 atom stereocenters. The number of nitrogens with one attached hydrogen (secondary N) is 1. The van der Waals surface area contributed by atoms with Gasteiger partial charge in [0.1, 0.15) is 0 Å². The van der Waals surface area contributed by atoms with Crippen molar-refractivity contribution >= 4 is 16.9 Å². The molecular weight excluding hydrogens is 338 g/mol. The maximum absolute atomic E-state index is 12.1. The molecule has 2 aliphatic rings. The number of carbonyl (C=O) groups is 1. The Hall–Kier alpha value is -2.82. The number of aromatic nitrogens is 2. The number of rotatable bonds is 6. The zero-order valence-electron chi connectivity index (χ0n) is 15.5. The fourth-order valence-electron chi connectivity index (χ4n) is 4.13. The van der Waals surface area contributed by atoms with Crippen LogP contribution in [0.25, 0.3) is 22.3 Å². The van der Waals surface area contributed by atoms with Crippen LogP contribution in [-0.4, -0.2) is 29.1 Å². The standard InChI is InChI=1S/C22H23N3O2/c1-27-20-9-8-18-21(24-20)17(10-11-23-19(26)12-14-6-7-14)22-16-5-3-2-4-15(16)13-25(18)22/h2-5,8-9,14H,6-7,10-13H2,1H3,(H,23,26). The molecule has 1 N–H and O–H groups in total. The molecule has 0 unspecified atom stereocenters. The van der Waals surface area contributed by atoms with Crippen LogP contribution in [0.4, 0.5) is 0 Å². The van der Waals surface area contributed by atoms with Crippen molar-refractivity contribution in [3.05, 3.63) is 47.5 Å². The van der Waals surface area contributed by atoms with Crippen molar-refractivity contribution in [2.75, 3.05) is 13.7 Å². The first-order chi connectivity index (χ1) is 13.2. The molecule has 1 aliphatic carbocycles. The fraction of sp³-hybridized carbons (Fsp3) is 0.364. The fourth-order valence-corrected chi connectivity index (χ4v) is 4.13. The number of carbonyl (C=O) groups excluding carboxylic acids is 1. The number of nitrogens with zero attached hydrogens (tertiary/aromatic N) is 2. The van der Waals surface area contributed by atoms with Crippen molar-refractivity contribution in [2.24, 2.45) is 5.92 Å². The summed E-state index contributed by atoms with van der Waals surface area (Å²) in [6.07, 6.45) is 3.84. The maximum Gasteiger partial charge on any atom is 0.220 e. The number of hydrogen-bond acceptors (Lipinski definition) is 3. The topological polar surface area (TPSA) is 56.1 Å². The summed E-state index contributed by atoms with van der Waals surface area (Å²) in [5.74, 6) is 1.41. The molecule has 0 spiro atoms. The lowest BCUT2D eigenvalue weighted by atomic mass is 10.0. The minimum absolute atomic E-state index is 0.170. The Morgan fingerprint density at radius 1 is 1.26 bits per heavy atom. The molecule has 0 bridgehead atoms. The second-order valence-corrected chi connectivity index (χ2v) is 7.54. The van der Waals surface area contributed by atoms with Gasteiger partial charge in [0.15, 0.2) is 0 Å². The third kappa shape index (κ3) is 2.87. The molecule has 1 saturated carbocycles. The predicted octanol–water partition coefficient (Wildman–Crippen LogP) is 3.53. The first kappa shape index (κ1) is 16.4. The smallest absolute Gasteiger partial charge is 0.220 e. The molecular formula is C22H23N3O2. The first-order valence-corrected chi connectivity index (χ1v) is 9.65. The summed E-state index contributed by atoms with van der Waals surface area (Å²) in [4.78, 5) is 16.8. The molecule has 5 nitrogen and oxygen atoms in total. The van der Waals surface area contributed by atoms with Gasteiger partial charge in [0.05, 0.1) is 23.8 Å². The van der Waals surface area contributed by atoms with E-state index in [1.807, 2.05) is 6.07 Å². The molecule has 3 heterocycles. The van der Waals surface area contributed by atoms with Gasteiger partial charge < -0.3 is 14.6 Å². The first-order valence-electron chi connectivity index (χ1n) is 9.65. The summed E-state index contributed by atoms with van der Waals surface area (Å²) in [5.41, 5.74) is 7.15. The number of ether oxygens (including phenoxy) is 1. The van der Waals surface area contributed by atoms with Gasteiger partial charge in [-0.15, -0.1) is 0 Å². The van der Waals surface area contributed by atoms with Crippen LogP contribution in [0.1, 0.15) is 30.4 Å². The second kappa shape index (κ2) is 6.41. The number of methoxy groups -OCH3 is 1. The molecule has 138 valence electrons. The Labute approximate surface area is 158 Å². The van der Waals surface area contributed by atoms with Gasteiger partial charge in [0, 0.05) is 36.7 Å². The highest BCUT2D eigenvalue weighted by atomic mass is 16.5. The number of hydrogen-bond donors (Lipinski definition) is 1. The SMILES string of the molecule is COc1ccc2c(n1)c(CCNC(=O)CC1CC1)c1n2Cc2ccccc2-1. The van der Waals surface area contributed by atoms with Crippen LogP contribution in [0.5, 0.6) is 5.88 Å². The molecule has 3 aromatic rings. The summed E-state index contributed by atoms with van der Waals surface area (Å²) in [5, 5.41) is 3.09. The quantitative estimate of drug-likeness (QED) is 0.572. The maximum atomic E-state index is 12.1. The van der Waals surface area contributed by atoms with Gasteiger partial charge in [-0.1, -0.05) is 24.3 Å². The van der Waals surface area contributed by atoms with Gasteiger partial charge in [0.25, 0.3) is 0 Å². The molecule has 1 aromatic carbocycles. The summed E-state index contributed by atoms with van der Waals surface area (Å²) in [6.45, 7) is 1.50. The van der Waals surface area contributed by atoms with Crippen LogP contribution < -0.4 is 10.1 Å². The molecule has 1 fully saturated rings. The van der Waals surface area contributed by atoms with Crippen LogP contribution in [0, 0.1) is 5.92 Å². The third-order valence-corrected chi connectivity index (χ3v) is 5.66. The molecule has 5 heteroatoms. The van der Waals surface area contributed by atoms with Crippen LogP contribution >= 0.6 is 0 Å². The molecule has 2 aromatic heterocycles. The van der Waals surface area contributed by atoms with E-state index in [9.17, 15) is 4.79 Å². The number of fused-ring (bicyclic) bond motifs is 5. The van der Waals surface area contributed by atoms with Gasteiger partial charge >= 0.3 is 0 Å². The zero-order valence-corrected chi connectivity index (χ0v) is 15.5. The second-order valence-electron chi connectivity index (χ2n) is 7.54. The Balaban J connectivity index is 1.50. The van der Waals surface area contributed by atoms with Crippen molar-refractivity contribution in [3.8, 4) is 17.1 Å². The third-order valence-electron chi connectivity index (χ3n) is 5.66. The van der Waals surface area contributed by atoms with Crippen LogP contribution in [0.2, 0.25) is 0 Å². The van der Waals surface area contributed by atoms with E-state index in [0.29, 0.717) is 24.8 Å². The molecule has 5 rings (SSSR count). The Morgan fingerprint density at radius 3 is 2.93 bits per heavy atom. The van der Waals surface area contributed by atoms with E-state index >= 15 is 0 Å². The summed E-state index contributed by atoms with van der Waals surface area (Å²) >= 11 is 0. The Kier molecular flexibility index (Phi) is 3.88. The van der Waals surface area contributed by atoms with Crippen LogP contribution in [-0.2, 0) is 17.8 Å². The molecule has 0 radical (unpaired) electrons.